The molecule has 0 aromatic heterocycles. The van der Waals surface area contributed by atoms with Gasteiger partial charge in [-0.05, 0) is 14.1 Å². The number of nitrogens with zero attached hydrogens (tertiary/aromatic N) is 2. The number of aliphatic hydroxyl groups excluding tert-OH is 1. The number of hydrogen-bond acceptors (Lipinski definition) is 3. The third-order valence-corrected chi connectivity index (χ3v) is 2.67. The summed E-state index contributed by atoms with van der Waals surface area (Å²) in [6.07, 6.45) is 5.23. The van der Waals surface area contributed by atoms with Crippen LogP contribution < -0.4 is 0 Å². The van der Waals surface area contributed by atoms with Gasteiger partial charge >= 0.3 is 0 Å². The lowest BCUT2D eigenvalue weighted by molar-refractivity contribution is 0.0176. The maximum atomic E-state index is 9.75. The van der Waals surface area contributed by atoms with E-state index in [1.165, 1.54) is 0 Å². The molecule has 1 fully saturated rings. The molecule has 1 aliphatic rings. The van der Waals surface area contributed by atoms with Crippen molar-refractivity contribution in [2.75, 3.05) is 33.7 Å². The second-order valence-corrected chi connectivity index (χ2v) is 3.79. The summed E-state index contributed by atoms with van der Waals surface area (Å²) in [6, 6.07) is 0.190. The summed E-state index contributed by atoms with van der Waals surface area (Å²) in [6.45, 7) is 2.97. The second kappa shape index (κ2) is 4.61. The SMILES string of the molecule is C#CCC(O)C1CN(C)CCN1C. The minimum Gasteiger partial charge on any atom is -0.390 e. The van der Waals surface area contributed by atoms with Gasteiger partial charge in [-0.15, -0.1) is 12.3 Å². The minimum absolute atomic E-state index is 0.190. The molecule has 1 aliphatic heterocycles. The number of piperazine rings is 1. The van der Waals surface area contributed by atoms with E-state index in [-0.39, 0.29) is 6.04 Å². The first-order chi connectivity index (χ1) is 6.15. The Balaban J connectivity index is 2.50. The molecule has 3 heteroatoms. The number of likely N-dealkylation sites (N-methyl/N-ethyl adjacent to an activating group) is 2. The maximum Gasteiger partial charge on any atom is 0.0816 e. The molecule has 1 saturated heterocycles. The second-order valence-electron chi connectivity index (χ2n) is 3.79. The molecule has 0 amide bonds. The van der Waals surface area contributed by atoms with Gasteiger partial charge in [0, 0.05) is 32.1 Å². The third-order valence-electron chi connectivity index (χ3n) is 2.67. The standard InChI is InChI=1S/C10H18N2O/c1-4-5-10(13)9-8-11(2)6-7-12(9)3/h1,9-10,13H,5-8H2,2-3H3. The summed E-state index contributed by atoms with van der Waals surface area (Å²) >= 11 is 0. The molecule has 0 aliphatic carbocycles. The normalized spacial score (nSPS) is 28.3. The van der Waals surface area contributed by atoms with E-state index in [1.807, 2.05) is 7.05 Å². The lowest BCUT2D eigenvalue weighted by Crippen LogP contribution is -2.54. The van der Waals surface area contributed by atoms with Gasteiger partial charge in [0.25, 0.3) is 0 Å². The zero-order chi connectivity index (χ0) is 9.84. The van der Waals surface area contributed by atoms with Crippen molar-refractivity contribution in [3.63, 3.8) is 0 Å². The highest BCUT2D eigenvalue weighted by Crippen LogP contribution is 2.11. The van der Waals surface area contributed by atoms with E-state index in [0.29, 0.717) is 6.42 Å². The Labute approximate surface area is 80.3 Å². The Morgan fingerprint density at radius 3 is 2.85 bits per heavy atom. The molecule has 0 bridgehead atoms. The number of aliphatic hydroxyl groups is 1. The van der Waals surface area contributed by atoms with Gasteiger partial charge in [-0.3, -0.25) is 4.90 Å². The molecule has 0 aromatic carbocycles. The number of terminal acetylenes is 1. The van der Waals surface area contributed by atoms with Gasteiger partial charge in [-0.25, -0.2) is 0 Å². The molecule has 2 unspecified atom stereocenters. The van der Waals surface area contributed by atoms with Crippen LogP contribution in [0.25, 0.3) is 0 Å². The Kier molecular flexibility index (Phi) is 3.73. The molecule has 74 valence electrons. The largest absolute Gasteiger partial charge is 0.390 e. The topological polar surface area (TPSA) is 26.7 Å². The van der Waals surface area contributed by atoms with Crippen LogP contribution in [0.5, 0.6) is 0 Å². The number of rotatable bonds is 2. The quantitative estimate of drug-likeness (QED) is 0.590. The summed E-state index contributed by atoms with van der Waals surface area (Å²) in [5.74, 6) is 2.50. The van der Waals surface area contributed by atoms with Gasteiger partial charge in [0.2, 0.25) is 0 Å². The zero-order valence-corrected chi connectivity index (χ0v) is 8.40. The van der Waals surface area contributed by atoms with Crippen LogP contribution in [0, 0.1) is 12.3 Å². The summed E-state index contributed by atoms with van der Waals surface area (Å²) in [5, 5.41) is 9.75. The summed E-state index contributed by atoms with van der Waals surface area (Å²) in [4.78, 5) is 4.41. The van der Waals surface area contributed by atoms with Crippen LogP contribution in [0.1, 0.15) is 6.42 Å². The zero-order valence-electron chi connectivity index (χ0n) is 8.40. The molecule has 0 spiro atoms. The van der Waals surface area contributed by atoms with Crippen LogP contribution in [0.3, 0.4) is 0 Å². The molecular weight excluding hydrogens is 164 g/mol. The minimum atomic E-state index is -0.391. The van der Waals surface area contributed by atoms with Crippen molar-refractivity contribution in [1.82, 2.24) is 9.80 Å². The van der Waals surface area contributed by atoms with Gasteiger partial charge in [0.1, 0.15) is 0 Å². The Bertz CT molecular complexity index is 200. The van der Waals surface area contributed by atoms with Gasteiger partial charge < -0.3 is 10.0 Å². The average Bonchev–Trinajstić information content (AvgIpc) is 2.09. The van der Waals surface area contributed by atoms with Gasteiger partial charge in [-0.2, -0.15) is 0 Å². The van der Waals surface area contributed by atoms with Gasteiger partial charge in [0.05, 0.1) is 6.10 Å². The van der Waals surface area contributed by atoms with E-state index in [9.17, 15) is 5.11 Å². The Hall–Kier alpha value is -0.560. The van der Waals surface area contributed by atoms with Gasteiger partial charge in [0.15, 0.2) is 0 Å². The van der Waals surface area contributed by atoms with Crippen LogP contribution in [0.15, 0.2) is 0 Å². The average molecular weight is 182 g/mol. The van der Waals surface area contributed by atoms with E-state index in [0.717, 1.165) is 19.6 Å². The van der Waals surface area contributed by atoms with Crippen molar-refractivity contribution < 1.29 is 5.11 Å². The van der Waals surface area contributed by atoms with Crippen molar-refractivity contribution in [1.29, 1.82) is 0 Å². The Morgan fingerprint density at radius 1 is 1.54 bits per heavy atom. The molecule has 1 heterocycles. The van der Waals surface area contributed by atoms with Crippen molar-refractivity contribution in [3.05, 3.63) is 0 Å². The lowest BCUT2D eigenvalue weighted by atomic mass is 10.0. The first kappa shape index (κ1) is 10.5. The van der Waals surface area contributed by atoms with E-state index in [2.05, 4.69) is 22.8 Å². The lowest BCUT2D eigenvalue weighted by Gasteiger charge is -2.39. The van der Waals surface area contributed by atoms with Crippen LogP contribution in [-0.2, 0) is 0 Å². The maximum absolute atomic E-state index is 9.75. The van der Waals surface area contributed by atoms with Crippen LogP contribution in [0.2, 0.25) is 0 Å². The van der Waals surface area contributed by atoms with Crippen molar-refractivity contribution >= 4 is 0 Å². The molecule has 0 saturated carbocycles. The molecule has 2 atom stereocenters. The Morgan fingerprint density at radius 2 is 2.23 bits per heavy atom. The third kappa shape index (κ3) is 2.70. The van der Waals surface area contributed by atoms with E-state index < -0.39 is 6.10 Å². The summed E-state index contributed by atoms with van der Waals surface area (Å²) in [5.41, 5.74) is 0. The first-order valence-electron chi connectivity index (χ1n) is 4.65. The van der Waals surface area contributed by atoms with E-state index >= 15 is 0 Å². The summed E-state index contributed by atoms with van der Waals surface area (Å²) < 4.78 is 0. The molecular formula is C10H18N2O. The highest BCUT2D eigenvalue weighted by molar-refractivity contribution is 4.93. The predicted octanol–water partition coefficient (Wildman–Crippen LogP) is -0.384. The van der Waals surface area contributed by atoms with Crippen LogP contribution >= 0.6 is 0 Å². The number of hydrogen-bond donors (Lipinski definition) is 1. The monoisotopic (exact) mass is 182 g/mol. The molecule has 1 N–H and O–H groups in total. The predicted molar refractivity (Wildman–Crippen MR) is 53.4 cm³/mol. The summed E-state index contributed by atoms with van der Waals surface area (Å²) in [7, 11) is 4.11. The molecule has 0 aromatic rings. The molecule has 13 heavy (non-hydrogen) atoms. The first-order valence-corrected chi connectivity index (χ1v) is 4.65. The van der Waals surface area contributed by atoms with Crippen LogP contribution in [-0.4, -0.2) is 60.8 Å². The van der Waals surface area contributed by atoms with Crippen LogP contribution in [0.4, 0.5) is 0 Å². The van der Waals surface area contributed by atoms with Crippen molar-refractivity contribution in [2.45, 2.75) is 18.6 Å². The molecule has 3 nitrogen and oxygen atoms in total. The smallest absolute Gasteiger partial charge is 0.0816 e. The fraction of sp³-hybridized carbons (Fsp3) is 0.800. The van der Waals surface area contributed by atoms with Crippen molar-refractivity contribution in [3.8, 4) is 12.3 Å². The molecule has 0 radical (unpaired) electrons. The van der Waals surface area contributed by atoms with E-state index in [1.54, 1.807) is 0 Å². The van der Waals surface area contributed by atoms with Crippen molar-refractivity contribution in [2.24, 2.45) is 0 Å². The highest BCUT2D eigenvalue weighted by Gasteiger charge is 2.27. The molecule has 1 rings (SSSR count). The van der Waals surface area contributed by atoms with Gasteiger partial charge in [-0.1, -0.05) is 0 Å². The fourth-order valence-corrected chi connectivity index (χ4v) is 1.72. The highest BCUT2D eigenvalue weighted by atomic mass is 16.3. The van der Waals surface area contributed by atoms with E-state index in [4.69, 9.17) is 6.42 Å². The fourth-order valence-electron chi connectivity index (χ4n) is 1.72.